The summed E-state index contributed by atoms with van der Waals surface area (Å²) in [6.07, 6.45) is 0.524. The van der Waals surface area contributed by atoms with Crippen molar-refractivity contribution in [3.63, 3.8) is 0 Å². The van der Waals surface area contributed by atoms with Crippen molar-refractivity contribution < 1.29 is 21.6 Å². The fraction of sp³-hybridized carbons (Fsp3) is 0.500. The molecule has 1 N–H and O–H groups in total. The van der Waals surface area contributed by atoms with E-state index in [0.29, 0.717) is 31.2 Å². The van der Waals surface area contributed by atoms with Gasteiger partial charge in [0, 0.05) is 28.7 Å². The molecule has 1 heterocycles. The molecule has 5 nitrogen and oxygen atoms in total. The zero-order valence-electron chi connectivity index (χ0n) is 14.6. The molecule has 2 saturated carbocycles. The number of halogens is 4. The second kappa shape index (κ2) is 7.04. The van der Waals surface area contributed by atoms with Gasteiger partial charge in [0.2, 0.25) is 10.0 Å². The van der Waals surface area contributed by atoms with E-state index >= 15 is 0 Å². The Morgan fingerprint density at radius 2 is 1.96 bits per heavy atom. The van der Waals surface area contributed by atoms with Crippen LogP contribution in [-0.4, -0.2) is 24.7 Å². The smallest absolute Gasteiger partial charge is 0.258 e. The minimum atomic E-state index is -3.87. The minimum Gasteiger partial charge on any atom is -0.344 e. The summed E-state index contributed by atoms with van der Waals surface area (Å²) in [5.41, 5.74) is 0.571. The first-order valence-electron chi connectivity index (χ1n) is 8.89. The van der Waals surface area contributed by atoms with E-state index in [4.69, 9.17) is 5.26 Å². The highest BCUT2D eigenvalue weighted by molar-refractivity contribution is 9.10. The third-order valence-electron chi connectivity index (χ3n) is 5.44. The second-order valence-corrected chi connectivity index (χ2v) is 10.2. The molecule has 150 valence electrons. The van der Waals surface area contributed by atoms with Crippen LogP contribution >= 0.6 is 15.9 Å². The van der Waals surface area contributed by atoms with Crippen LogP contribution in [0.25, 0.3) is 10.9 Å². The lowest BCUT2D eigenvalue weighted by atomic mass is 9.81. The van der Waals surface area contributed by atoms with Gasteiger partial charge in [0.25, 0.3) is 6.43 Å². The van der Waals surface area contributed by atoms with Gasteiger partial charge in [-0.05, 0) is 53.7 Å². The van der Waals surface area contributed by atoms with Gasteiger partial charge in [0.05, 0.1) is 21.7 Å². The average Bonchev–Trinajstić information content (AvgIpc) is 3.39. The van der Waals surface area contributed by atoms with Crippen molar-refractivity contribution in [1.82, 2.24) is 9.29 Å². The number of fused-ring (bicyclic) bond motifs is 1. The molecule has 0 spiro atoms. The molecule has 0 unspecified atom stereocenters. The standard InChI is InChI=1S/C18H17BrF3N3O2S/c19-14-6-16-12(5-15(14)20)13(8-25(16)10-3-9(4-10)7-23)17(18(21)22)24-28(26,27)11-1-2-11/h5-6,8-11,17-18,24H,1-4H2/t9?,10?,17-/m0/s1. The molecule has 0 saturated heterocycles. The number of nitrogens with one attached hydrogen (secondary N) is 1. The molecule has 28 heavy (non-hydrogen) atoms. The van der Waals surface area contributed by atoms with Gasteiger partial charge >= 0.3 is 0 Å². The number of benzene rings is 1. The fourth-order valence-electron chi connectivity index (χ4n) is 3.64. The van der Waals surface area contributed by atoms with Crippen LogP contribution in [0.15, 0.2) is 22.8 Å². The van der Waals surface area contributed by atoms with Crippen LogP contribution in [0.2, 0.25) is 0 Å². The van der Waals surface area contributed by atoms with Crippen LogP contribution in [0.5, 0.6) is 0 Å². The topological polar surface area (TPSA) is 74.9 Å². The third-order valence-corrected chi connectivity index (χ3v) is 7.98. The quantitative estimate of drug-likeness (QED) is 0.672. The number of hydrogen-bond donors (Lipinski definition) is 1. The highest BCUT2D eigenvalue weighted by Crippen LogP contribution is 2.43. The summed E-state index contributed by atoms with van der Waals surface area (Å²) >= 11 is 3.12. The normalized spacial score (nSPS) is 23.6. The Balaban J connectivity index is 1.80. The van der Waals surface area contributed by atoms with Crippen LogP contribution in [0.1, 0.15) is 43.3 Å². The summed E-state index contributed by atoms with van der Waals surface area (Å²) in [6, 6.07) is 2.99. The first-order valence-corrected chi connectivity index (χ1v) is 11.2. The summed E-state index contributed by atoms with van der Waals surface area (Å²) in [6.45, 7) is 0. The summed E-state index contributed by atoms with van der Waals surface area (Å²) in [5.74, 6) is -0.720. The van der Waals surface area contributed by atoms with Gasteiger partial charge in [-0.15, -0.1) is 0 Å². The maximum Gasteiger partial charge on any atom is 0.258 e. The molecule has 1 aromatic heterocycles. The molecular weight excluding hydrogens is 459 g/mol. The predicted octanol–water partition coefficient (Wildman–Crippen LogP) is 4.41. The first-order chi connectivity index (χ1) is 13.2. The highest BCUT2D eigenvalue weighted by atomic mass is 79.9. The van der Waals surface area contributed by atoms with Gasteiger partial charge in [-0.25, -0.2) is 26.3 Å². The van der Waals surface area contributed by atoms with E-state index < -0.39 is 33.6 Å². The first kappa shape index (κ1) is 19.7. The van der Waals surface area contributed by atoms with E-state index in [2.05, 4.69) is 26.7 Å². The van der Waals surface area contributed by atoms with Crippen molar-refractivity contribution in [3.8, 4) is 6.07 Å². The van der Waals surface area contributed by atoms with Gasteiger partial charge in [-0.2, -0.15) is 5.26 Å². The van der Waals surface area contributed by atoms with Gasteiger partial charge in [-0.3, -0.25) is 0 Å². The van der Waals surface area contributed by atoms with Crippen molar-refractivity contribution in [3.05, 3.63) is 34.2 Å². The fourth-order valence-corrected chi connectivity index (χ4v) is 5.51. The Morgan fingerprint density at radius 3 is 2.54 bits per heavy atom. The van der Waals surface area contributed by atoms with Crippen molar-refractivity contribution in [2.24, 2.45) is 5.92 Å². The highest BCUT2D eigenvalue weighted by Gasteiger charge is 2.40. The summed E-state index contributed by atoms with van der Waals surface area (Å²) in [5, 5.41) is 8.60. The van der Waals surface area contributed by atoms with Crippen molar-refractivity contribution in [1.29, 1.82) is 5.26 Å². The van der Waals surface area contributed by atoms with Crippen LogP contribution < -0.4 is 4.72 Å². The molecule has 0 bridgehead atoms. The molecule has 1 aromatic carbocycles. The number of aromatic nitrogens is 1. The lowest BCUT2D eigenvalue weighted by Crippen LogP contribution is -2.35. The lowest BCUT2D eigenvalue weighted by Gasteiger charge is -2.32. The molecule has 2 aliphatic rings. The molecule has 2 aromatic rings. The molecule has 4 rings (SSSR count). The predicted molar refractivity (Wildman–Crippen MR) is 101 cm³/mol. The van der Waals surface area contributed by atoms with E-state index in [1.807, 2.05) is 0 Å². The van der Waals surface area contributed by atoms with Crippen molar-refractivity contribution in [2.45, 2.75) is 49.4 Å². The van der Waals surface area contributed by atoms with Gasteiger partial charge < -0.3 is 4.57 Å². The van der Waals surface area contributed by atoms with Crippen molar-refractivity contribution >= 4 is 36.9 Å². The van der Waals surface area contributed by atoms with E-state index in [-0.39, 0.29) is 27.4 Å². The molecule has 1 atom stereocenters. The number of rotatable bonds is 6. The number of nitrogens with zero attached hydrogens (tertiary/aromatic N) is 2. The Labute approximate surface area is 168 Å². The Kier molecular flexibility index (Phi) is 4.96. The Morgan fingerprint density at radius 1 is 1.29 bits per heavy atom. The van der Waals surface area contributed by atoms with Gasteiger partial charge in [0.15, 0.2) is 0 Å². The van der Waals surface area contributed by atoms with Crippen LogP contribution in [0, 0.1) is 23.1 Å². The molecule has 2 aliphatic carbocycles. The van der Waals surface area contributed by atoms with E-state index in [1.54, 1.807) is 4.57 Å². The molecular formula is C18H17BrF3N3O2S. The summed E-state index contributed by atoms with van der Waals surface area (Å²) in [7, 11) is -3.87. The Bertz CT molecular complexity index is 1070. The van der Waals surface area contributed by atoms with Crippen molar-refractivity contribution in [2.75, 3.05) is 0 Å². The zero-order valence-corrected chi connectivity index (χ0v) is 17.0. The molecule has 0 amide bonds. The second-order valence-electron chi connectivity index (χ2n) is 7.40. The van der Waals surface area contributed by atoms with Crippen LogP contribution in [0.3, 0.4) is 0 Å². The number of sulfonamides is 1. The molecule has 10 heteroatoms. The number of hydrogen-bond acceptors (Lipinski definition) is 3. The van der Waals surface area contributed by atoms with E-state index in [0.717, 1.165) is 6.07 Å². The minimum absolute atomic E-state index is 0.0426. The van der Waals surface area contributed by atoms with Crippen LogP contribution in [0.4, 0.5) is 13.2 Å². The van der Waals surface area contributed by atoms with Crippen LogP contribution in [-0.2, 0) is 10.0 Å². The number of alkyl halides is 2. The third kappa shape index (κ3) is 3.44. The maximum atomic E-state index is 14.2. The monoisotopic (exact) mass is 475 g/mol. The molecule has 0 aliphatic heterocycles. The largest absolute Gasteiger partial charge is 0.344 e. The Hall–Kier alpha value is -1.57. The maximum absolute atomic E-state index is 14.2. The van der Waals surface area contributed by atoms with E-state index in [1.165, 1.54) is 12.3 Å². The average molecular weight is 476 g/mol. The SMILES string of the molecule is N#CC1CC(n2cc([C@H](NS(=O)(=O)C3CC3)C(F)F)c3cc(F)c(Br)cc32)C1. The molecule has 0 radical (unpaired) electrons. The van der Waals surface area contributed by atoms with E-state index in [9.17, 15) is 21.6 Å². The zero-order chi connectivity index (χ0) is 20.2. The number of nitriles is 1. The summed E-state index contributed by atoms with van der Waals surface area (Å²) < 4.78 is 70.5. The molecule has 2 fully saturated rings. The van der Waals surface area contributed by atoms with Gasteiger partial charge in [-0.1, -0.05) is 0 Å². The van der Waals surface area contributed by atoms with Gasteiger partial charge in [0.1, 0.15) is 11.9 Å². The lowest BCUT2D eigenvalue weighted by molar-refractivity contribution is 0.109. The summed E-state index contributed by atoms with van der Waals surface area (Å²) in [4.78, 5) is 0.